The van der Waals surface area contributed by atoms with Crippen molar-refractivity contribution in [2.45, 2.75) is 51.1 Å². The van der Waals surface area contributed by atoms with Crippen LogP contribution in [0.15, 0.2) is 82.5 Å². The summed E-state index contributed by atoms with van der Waals surface area (Å²) in [5, 5.41) is 0. The van der Waals surface area contributed by atoms with E-state index in [1.54, 1.807) is 0 Å². The Hall–Kier alpha value is -4.06. The molecule has 1 aliphatic heterocycles. The number of carbonyl (C=O) groups excluding carboxylic acids is 2. The van der Waals surface area contributed by atoms with E-state index >= 15 is 0 Å². The molecule has 1 aliphatic rings. The van der Waals surface area contributed by atoms with Gasteiger partial charge in [0.2, 0.25) is 0 Å². The van der Waals surface area contributed by atoms with Crippen LogP contribution in [0.3, 0.4) is 0 Å². The maximum Gasteiger partial charge on any atom is 0.330 e. The van der Waals surface area contributed by atoms with Crippen molar-refractivity contribution in [3.63, 3.8) is 0 Å². The largest absolute Gasteiger partial charge is 0.463 e. The van der Waals surface area contributed by atoms with E-state index in [2.05, 4.69) is 4.98 Å². The SMILES string of the molecule is CC(=O)OC[C@]1(COCc2ccccc2)O[C@@H](n2ccc(=O)[nH]c2=O)[C@H](OC(C)=O)[C@@H]1OCc1ccccc1. The molecule has 1 fully saturated rings. The monoisotopic (exact) mass is 538 g/mol. The zero-order chi connectivity index (χ0) is 27.8. The maximum atomic E-state index is 12.8. The van der Waals surface area contributed by atoms with Gasteiger partial charge < -0.3 is 23.7 Å². The van der Waals surface area contributed by atoms with Crippen LogP contribution in [0.1, 0.15) is 31.2 Å². The van der Waals surface area contributed by atoms with Gasteiger partial charge in [0.15, 0.2) is 17.9 Å². The number of aromatic nitrogens is 2. The number of H-pyrrole nitrogens is 1. The molecule has 1 aromatic heterocycles. The molecule has 4 atom stereocenters. The molecule has 1 N–H and O–H groups in total. The van der Waals surface area contributed by atoms with Crippen molar-refractivity contribution in [3.05, 3.63) is 105 Å². The third kappa shape index (κ3) is 7.08. The average Bonchev–Trinajstić information content (AvgIpc) is 3.19. The molecule has 0 bridgehead atoms. The normalized spacial score (nSPS) is 22.4. The molecule has 2 heterocycles. The molecule has 4 rings (SSSR count). The number of carbonyl (C=O) groups is 2. The van der Waals surface area contributed by atoms with E-state index in [0.29, 0.717) is 0 Å². The van der Waals surface area contributed by atoms with Gasteiger partial charge in [0, 0.05) is 26.1 Å². The summed E-state index contributed by atoms with van der Waals surface area (Å²) in [6.07, 6.45) is -2.19. The van der Waals surface area contributed by atoms with Gasteiger partial charge in [0.05, 0.1) is 19.8 Å². The summed E-state index contributed by atoms with van der Waals surface area (Å²) in [6, 6.07) is 19.9. The Labute approximate surface area is 224 Å². The second-order valence-electron chi connectivity index (χ2n) is 9.14. The van der Waals surface area contributed by atoms with Crippen LogP contribution in [0.5, 0.6) is 0 Å². The highest BCUT2D eigenvalue weighted by Gasteiger charge is 2.59. The minimum absolute atomic E-state index is 0.0976. The summed E-state index contributed by atoms with van der Waals surface area (Å²) in [5.74, 6) is -1.22. The molecule has 2 aromatic carbocycles. The van der Waals surface area contributed by atoms with Crippen LogP contribution in [0.2, 0.25) is 0 Å². The van der Waals surface area contributed by atoms with Gasteiger partial charge in [-0.15, -0.1) is 0 Å². The van der Waals surface area contributed by atoms with Crippen LogP contribution in [-0.4, -0.2) is 52.5 Å². The van der Waals surface area contributed by atoms with Gasteiger partial charge in [-0.05, 0) is 11.1 Å². The first-order chi connectivity index (χ1) is 18.8. The Balaban J connectivity index is 1.74. The van der Waals surface area contributed by atoms with E-state index in [4.69, 9.17) is 23.7 Å². The average molecular weight is 539 g/mol. The molecule has 0 radical (unpaired) electrons. The Morgan fingerprint density at radius 2 is 1.54 bits per heavy atom. The van der Waals surface area contributed by atoms with Crippen molar-refractivity contribution in [1.82, 2.24) is 9.55 Å². The molecule has 0 amide bonds. The fourth-order valence-electron chi connectivity index (χ4n) is 4.40. The van der Waals surface area contributed by atoms with E-state index in [9.17, 15) is 19.2 Å². The molecule has 0 unspecified atom stereocenters. The molecular formula is C28H30N2O9. The smallest absolute Gasteiger partial charge is 0.330 e. The van der Waals surface area contributed by atoms with E-state index in [1.165, 1.54) is 20.0 Å². The lowest BCUT2D eigenvalue weighted by Gasteiger charge is -2.34. The van der Waals surface area contributed by atoms with Crippen molar-refractivity contribution < 1.29 is 33.3 Å². The van der Waals surface area contributed by atoms with E-state index < -0.39 is 47.2 Å². The fourth-order valence-corrected chi connectivity index (χ4v) is 4.40. The standard InChI is InChI=1S/C28H30N2O9/c1-19(31)37-18-28(17-35-15-21-9-5-3-6-10-21)25(36-16-22-11-7-4-8-12-22)24(38-20(2)32)26(39-28)30-14-13-23(33)29-27(30)34/h3-14,24-26H,15-18H2,1-2H3,(H,29,33,34)/t24-,25+,26-,28+/m1/s1. The van der Waals surface area contributed by atoms with Crippen LogP contribution in [0.4, 0.5) is 0 Å². The van der Waals surface area contributed by atoms with Crippen LogP contribution >= 0.6 is 0 Å². The number of hydrogen-bond acceptors (Lipinski definition) is 9. The summed E-state index contributed by atoms with van der Waals surface area (Å²) >= 11 is 0. The molecule has 1 saturated heterocycles. The third-order valence-electron chi connectivity index (χ3n) is 6.13. The van der Waals surface area contributed by atoms with Crippen molar-refractivity contribution in [2.75, 3.05) is 13.2 Å². The lowest BCUT2D eigenvalue weighted by atomic mass is 9.96. The fraction of sp³-hybridized carbons (Fsp3) is 0.357. The number of esters is 2. The maximum absolute atomic E-state index is 12.8. The minimum atomic E-state index is -1.49. The highest BCUT2D eigenvalue weighted by molar-refractivity contribution is 5.66. The van der Waals surface area contributed by atoms with Gasteiger partial charge in [-0.25, -0.2) is 4.79 Å². The first-order valence-electron chi connectivity index (χ1n) is 12.3. The molecule has 39 heavy (non-hydrogen) atoms. The van der Waals surface area contributed by atoms with Crippen LogP contribution in [0.25, 0.3) is 0 Å². The Kier molecular flexibility index (Phi) is 9.07. The summed E-state index contributed by atoms with van der Waals surface area (Å²) < 4.78 is 30.9. The quantitative estimate of drug-likeness (QED) is 0.364. The molecule has 11 heteroatoms. The molecule has 0 aliphatic carbocycles. The molecule has 206 valence electrons. The van der Waals surface area contributed by atoms with Gasteiger partial charge in [0.25, 0.3) is 5.56 Å². The van der Waals surface area contributed by atoms with Crippen molar-refractivity contribution in [2.24, 2.45) is 0 Å². The van der Waals surface area contributed by atoms with Crippen molar-refractivity contribution >= 4 is 11.9 Å². The first kappa shape index (κ1) is 28.0. The van der Waals surface area contributed by atoms with Crippen molar-refractivity contribution in [1.29, 1.82) is 0 Å². The predicted molar refractivity (Wildman–Crippen MR) is 137 cm³/mol. The second-order valence-corrected chi connectivity index (χ2v) is 9.14. The zero-order valence-electron chi connectivity index (χ0n) is 21.6. The molecule has 11 nitrogen and oxygen atoms in total. The number of benzene rings is 2. The molecule has 0 spiro atoms. The topological polar surface area (TPSA) is 135 Å². The minimum Gasteiger partial charge on any atom is -0.463 e. The lowest BCUT2D eigenvalue weighted by molar-refractivity contribution is -0.189. The third-order valence-corrected chi connectivity index (χ3v) is 6.13. The highest BCUT2D eigenvalue weighted by atomic mass is 16.7. The number of nitrogens with one attached hydrogen (secondary N) is 1. The Morgan fingerprint density at radius 3 is 2.13 bits per heavy atom. The lowest BCUT2D eigenvalue weighted by Crippen LogP contribution is -2.53. The summed E-state index contributed by atoms with van der Waals surface area (Å²) in [4.78, 5) is 50.8. The number of nitrogens with zero attached hydrogens (tertiary/aromatic N) is 1. The summed E-state index contributed by atoms with van der Waals surface area (Å²) in [7, 11) is 0. The van der Waals surface area contributed by atoms with Crippen molar-refractivity contribution in [3.8, 4) is 0 Å². The van der Waals surface area contributed by atoms with E-state index in [0.717, 1.165) is 21.8 Å². The number of rotatable bonds is 11. The number of hydrogen-bond donors (Lipinski definition) is 1. The van der Waals surface area contributed by atoms with Crippen LogP contribution in [-0.2, 0) is 46.5 Å². The van der Waals surface area contributed by atoms with Gasteiger partial charge >= 0.3 is 17.6 Å². The number of ether oxygens (including phenoxy) is 5. The van der Waals surface area contributed by atoms with E-state index in [1.807, 2.05) is 60.7 Å². The first-order valence-corrected chi connectivity index (χ1v) is 12.3. The Bertz CT molecular complexity index is 1370. The number of aromatic amines is 1. The van der Waals surface area contributed by atoms with Gasteiger partial charge in [-0.2, -0.15) is 0 Å². The second kappa shape index (κ2) is 12.7. The molecule has 3 aromatic rings. The molecular weight excluding hydrogens is 508 g/mol. The van der Waals surface area contributed by atoms with Gasteiger partial charge in [-0.3, -0.25) is 23.9 Å². The Morgan fingerprint density at radius 1 is 0.897 bits per heavy atom. The highest BCUT2D eigenvalue weighted by Crippen LogP contribution is 2.41. The zero-order valence-corrected chi connectivity index (χ0v) is 21.6. The van der Waals surface area contributed by atoms with Crippen LogP contribution < -0.4 is 11.2 Å². The van der Waals surface area contributed by atoms with Crippen LogP contribution in [0, 0.1) is 0 Å². The summed E-state index contributed by atoms with van der Waals surface area (Å²) in [5.41, 5.74) is -1.15. The van der Waals surface area contributed by atoms with Gasteiger partial charge in [0.1, 0.15) is 12.7 Å². The predicted octanol–water partition coefficient (Wildman–Crippen LogP) is 2.10. The van der Waals surface area contributed by atoms with E-state index in [-0.39, 0.29) is 26.4 Å². The molecule has 0 saturated carbocycles. The van der Waals surface area contributed by atoms with Gasteiger partial charge in [-0.1, -0.05) is 60.7 Å². The summed E-state index contributed by atoms with van der Waals surface area (Å²) in [6.45, 7) is 2.32.